The van der Waals surface area contributed by atoms with E-state index in [0.29, 0.717) is 5.92 Å². The number of para-hydroxylation sites is 1. The Balaban J connectivity index is 1.10. The molecule has 1 fully saturated rings. The zero-order valence-corrected chi connectivity index (χ0v) is 47.6. The highest BCUT2D eigenvalue weighted by atomic mass is 15.2. The lowest BCUT2D eigenvalue weighted by Gasteiger charge is -2.45. The van der Waals surface area contributed by atoms with Crippen LogP contribution in [-0.2, 0) is 21.7 Å². The van der Waals surface area contributed by atoms with Crippen molar-refractivity contribution in [2.45, 2.75) is 129 Å². The summed E-state index contributed by atoms with van der Waals surface area (Å²) in [7, 11) is 0. The predicted octanol–water partition coefficient (Wildman–Crippen LogP) is 18.2. The van der Waals surface area contributed by atoms with Gasteiger partial charge in [0.05, 0.1) is 11.0 Å². The average Bonchev–Trinajstić information content (AvgIpc) is 3.84. The summed E-state index contributed by atoms with van der Waals surface area (Å²) in [6.07, 6.45) is 6.26. The standard InChI is InChI=1S/C74H74BN3/c1-71(2,3)53-35-40-64-60(45-53)61-46-54(72(4,5)6)36-41-65(61)77(64)59-37-39-63-67(48-59)76(57-31-21-14-22-32-57)68-42-50(49-24-15-11-16-25-49)43-69-70(68)75(63)62-38-34-56(74(9,10)52-28-19-13-20-29-52)47-66(62)78(69)58-33-23-30-55(44-58)73(7,8)51-26-17-12-18-27-51/h12-14,17-23,26-49H,11,15-16,24-25H2,1-10H3. The van der Waals surface area contributed by atoms with Crippen LogP contribution in [-0.4, -0.2) is 11.3 Å². The lowest BCUT2D eigenvalue weighted by molar-refractivity contribution is 0.444. The van der Waals surface area contributed by atoms with E-state index < -0.39 is 0 Å². The van der Waals surface area contributed by atoms with Gasteiger partial charge < -0.3 is 14.4 Å². The van der Waals surface area contributed by atoms with Crippen LogP contribution in [0.4, 0.5) is 34.1 Å². The van der Waals surface area contributed by atoms with Crippen molar-refractivity contribution in [1.82, 2.24) is 4.57 Å². The van der Waals surface area contributed by atoms with E-state index in [1.54, 1.807) is 0 Å². The fourth-order valence-corrected chi connectivity index (χ4v) is 13.6. The van der Waals surface area contributed by atoms with E-state index >= 15 is 0 Å². The van der Waals surface area contributed by atoms with Crippen molar-refractivity contribution in [3.8, 4) is 5.69 Å². The third-order valence-corrected chi connectivity index (χ3v) is 18.5. The Morgan fingerprint density at radius 2 is 0.821 bits per heavy atom. The highest BCUT2D eigenvalue weighted by Crippen LogP contribution is 2.49. The summed E-state index contributed by atoms with van der Waals surface area (Å²) >= 11 is 0. The lowest BCUT2D eigenvalue weighted by Crippen LogP contribution is -2.61. The van der Waals surface area contributed by atoms with Crippen molar-refractivity contribution in [1.29, 1.82) is 0 Å². The van der Waals surface area contributed by atoms with E-state index in [1.807, 2.05) is 0 Å². The number of fused-ring (bicyclic) bond motifs is 7. The van der Waals surface area contributed by atoms with E-state index in [9.17, 15) is 0 Å². The van der Waals surface area contributed by atoms with Gasteiger partial charge in [0.15, 0.2) is 0 Å². The van der Waals surface area contributed by atoms with Crippen LogP contribution in [0, 0.1) is 0 Å². The number of anilines is 6. The van der Waals surface area contributed by atoms with Gasteiger partial charge in [0.25, 0.3) is 6.71 Å². The summed E-state index contributed by atoms with van der Waals surface area (Å²) < 4.78 is 2.55. The number of rotatable bonds is 8. The molecule has 1 saturated carbocycles. The van der Waals surface area contributed by atoms with Crippen molar-refractivity contribution >= 4 is 79.0 Å². The van der Waals surface area contributed by atoms with Crippen LogP contribution in [0.2, 0.25) is 0 Å². The van der Waals surface area contributed by atoms with Crippen LogP contribution in [0.3, 0.4) is 0 Å². The van der Waals surface area contributed by atoms with E-state index in [2.05, 4.69) is 284 Å². The monoisotopic (exact) mass is 1020 g/mol. The normalized spacial score (nSPS) is 14.9. The van der Waals surface area contributed by atoms with Gasteiger partial charge in [-0.15, -0.1) is 0 Å². The molecule has 0 bridgehead atoms. The van der Waals surface area contributed by atoms with E-state index in [4.69, 9.17) is 0 Å². The number of nitrogens with zero attached hydrogens (tertiary/aromatic N) is 3. The molecule has 78 heavy (non-hydrogen) atoms. The van der Waals surface area contributed by atoms with Crippen LogP contribution >= 0.6 is 0 Å². The molecule has 10 aromatic rings. The van der Waals surface area contributed by atoms with Crippen molar-refractivity contribution < 1.29 is 0 Å². The second-order valence-corrected chi connectivity index (χ2v) is 26.1. The third kappa shape index (κ3) is 8.23. The molecule has 1 aliphatic carbocycles. The maximum atomic E-state index is 2.67. The van der Waals surface area contributed by atoms with Crippen LogP contribution in [0.1, 0.15) is 146 Å². The molecule has 388 valence electrons. The summed E-state index contributed by atoms with van der Waals surface area (Å²) in [5.74, 6) is 0.479. The molecule has 3 heterocycles. The largest absolute Gasteiger partial charge is 0.311 e. The van der Waals surface area contributed by atoms with Gasteiger partial charge in [0.1, 0.15) is 0 Å². The Hall–Kier alpha value is -7.56. The van der Waals surface area contributed by atoms with Gasteiger partial charge in [-0.3, -0.25) is 0 Å². The highest BCUT2D eigenvalue weighted by molar-refractivity contribution is 7.00. The smallest absolute Gasteiger partial charge is 0.252 e. The van der Waals surface area contributed by atoms with Gasteiger partial charge >= 0.3 is 0 Å². The van der Waals surface area contributed by atoms with Crippen LogP contribution in [0.5, 0.6) is 0 Å². The third-order valence-electron chi connectivity index (χ3n) is 18.5. The quantitative estimate of drug-likeness (QED) is 0.141. The first kappa shape index (κ1) is 50.0. The summed E-state index contributed by atoms with van der Waals surface area (Å²) in [6.45, 7) is 23.5. The summed E-state index contributed by atoms with van der Waals surface area (Å²) in [6, 6.07) is 77.4. The molecular weight excluding hydrogens is 942 g/mol. The van der Waals surface area contributed by atoms with Crippen LogP contribution < -0.4 is 26.2 Å². The molecule has 13 rings (SSSR count). The Morgan fingerprint density at radius 1 is 0.359 bits per heavy atom. The highest BCUT2D eigenvalue weighted by Gasteiger charge is 2.45. The maximum Gasteiger partial charge on any atom is 0.252 e. The predicted molar refractivity (Wildman–Crippen MR) is 335 cm³/mol. The van der Waals surface area contributed by atoms with E-state index in [0.717, 1.165) is 0 Å². The first-order valence-corrected chi connectivity index (χ1v) is 28.9. The molecule has 0 atom stereocenters. The van der Waals surface area contributed by atoms with Gasteiger partial charge in [-0.05, 0) is 164 Å². The van der Waals surface area contributed by atoms with E-state index in [-0.39, 0.29) is 28.4 Å². The minimum atomic E-state index is -0.248. The van der Waals surface area contributed by atoms with E-state index in [1.165, 1.54) is 149 Å². The van der Waals surface area contributed by atoms with Gasteiger partial charge in [0.2, 0.25) is 0 Å². The zero-order valence-electron chi connectivity index (χ0n) is 47.6. The maximum absolute atomic E-state index is 2.67. The minimum Gasteiger partial charge on any atom is -0.311 e. The minimum absolute atomic E-state index is 0.0143. The van der Waals surface area contributed by atoms with Crippen molar-refractivity contribution in [2.75, 3.05) is 9.80 Å². The first-order valence-electron chi connectivity index (χ1n) is 28.9. The van der Waals surface area contributed by atoms with Gasteiger partial charge in [0, 0.05) is 61.4 Å². The molecule has 3 aliphatic rings. The topological polar surface area (TPSA) is 11.4 Å². The molecule has 9 aromatic carbocycles. The fourth-order valence-electron chi connectivity index (χ4n) is 13.6. The SMILES string of the molecule is CC(C)(C)c1ccc2c(c1)c1cc(C(C)(C)C)ccc1n2-c1ccc2c(c1)N(c1ccccc1)c1cc(C3CCCCC3)cc3c1B2c1ccc(C(C)(C)c2ccccc2)cc1N3c1cccc(C(C)(C)c2ccccc2)c1. The number of benzene rings is 9. The summed E-state index contributed by atoms with van der Waals surface area (Å²) in [4.78, 5) is 5.30. The van der Waals surface area contributed by atoms with Gasteiger partial charge in [-0.1, -0.05) is 210 Å². The number of hydrogen-bond donors (Lipinski definition) is 0. The first-order chi connectivity index (χ1) is 37.5. The number of hydrogen-bond acceptors (Lipinski definition) is 2. The molecule has 2 aliphatic heterocycles. The Kier molecular flexibility index (Phi) is 11.9. The van der Waals surface area contributed by atoms with Crippen molar-refractivity contribution in [2.24, 2.45) is 0 Å². The molecule has 0 saturated heterocycles. The summed E-state index contributed by atoms with van der Waals surface area (Å²) in [5.41, 5.74) is 24.0. The van der Waals surface area contributed by atoms with Crippen LogP contribution in [0.25, 0.3) is 27.5 Å². The Bertz CT molecular complexity index is 3850. The zero-order chi connectivity index (χ0) is 53.9. The Morgan fingerprint density at radius 3 is 1.37 bits per heavy atom. The second-order valence-electron chi connectivity index (χ2n) is 26.1. The van der Waals surface area contributed by atoms with Gasteiger partial charge in [-0.2, -0.15) is 0 Å². The molecule has 0 radical (unpaired) electrons. The average molecular weight is 1020 g/mol. The van der Waals surface area contributed by atoms with Crippen LogP contribution in [0.15, 0.2) is 200 Å². The van der Waals surface area contributed by atoms with Crippen molar-refractivity contribution in [3.63, 3.8) is 0 Å². The van der Waals surface area contributed by atoms with Gasteiger partial charge in [-0.25, -0.2) is 0 Å². The molecule has 4 heteroatoms. The molecule has 0 amide bonds. The Labute approximate surface area is 464 Å². The molecule has 0 unspecified atom stereocenters. The lowest BCUT2D eigenvalue weighted by atomic mass is 9.33. The summed E-state index contributed by atoms with van der Waals surface area (Å²) in [5, 5.41) is 2.61. The molecule has 1 aromatic heterocycles. The molecule has 0 N–H and O–H groups in total. The molecule has 0 spiro atoms. The van der Waals surface area contributed by atoms with Crippen molar-refractivity contribution in [3.05, 3.63) is 239 Å². The fraction of sp³-hybridized carbons (Fsp3) is 0.270. The number of aromatic nitrogens is 1. The molecular formula is C74H74BN3. The molecule has 3 nitrogen and oxygen atoms in total. The second kappa shape index (κ2) is 18.5.